The molecule has 31 heavy (non-hydrogen) atoms. The zero-order valence-electron chi connectivity index (χ0n) is 17.2. The van der Waals surface area contributed by atoms with E-state index in [0.29, 0.717) is 29.4 Å². The smallest absolute Gasteiger partial charge is 0.266 e. The molecule has 0 radical (unpaired) electrons. The summed E-state index contributed by atoms with van der Waals surface area (Å²) in [5.41, 5.74) is 3.54. The topological polar surface area (TPSA) is 71.3 Å². The van der Waals surface area contributed by atoms with Crippen LogP contribution in [0.1, 0.15) is 16.7 Å². The molecule has 3 rings (SSSR count). The number of methoxy groups -OCH3 is 1. The average Bonchev–Trinajstić information content (AvgIpc) is 2.77. The third-order valence-electron chi connectivity index (χ3n) is 4.46. The molecule has 0 spiro atoms. The first-order valence-electron chi connectivity index (χ1n) is 9.53. The molecule has 1 N–H and O–H groups in total. The number of hydrogen-bond acceptors (Lipinski definition) is 4. The van der Waals surface area contributed by atoms with Crippen LogP contribution < -0.4 is 14.8 Å². The number of benzene rings is 3. The number of aryl methyl sites for hydroxylation is 1. The number of rotatable bonds is 7. The van der Waals surface area contributed by atoms with Gasteiger partial charge in [-0.15, -0.1) is 0 Å². The molecule has 1 amide bonds. The number of anilines is 1. The first-order chi connectivity index (χ1) is 15.0. The van der Waals surface area contributed by atoms with Gasteiger partial charge in [0.25, 0.3) is 5.91 Å². The summed E-state index contributed by atoms with van der Waals surface area (Å²) in [6.45, 7) is 2.49. The zero-order valence-corrected chi connectivity index (χ0v) is 18.8. The summed E-state index contributed by atoms with van der Waals surface area (Å²) in [5, 5.41) is 12.2. The van der Waals surface area contributed by atoms with E-state index in [1.165, 1.54) is 11.6 Å². The first kappa shape index (κ1) is 22.1. The van der Waals surface area contributed by atoms with Crippen molar-refractivity contribution in [3.05, 3.63) is 93.5 Å². The number of nitrogens with zero attached hydrogens (tertiary/aromatic N) is 1. The predicted octanol–water partition coefficient (Wildman–Crippen LogP) is 5.89. The van der Waals surface area contributed by atoms with E-state index in [0.717, 1.165) is 10.0 Å². The van der Waals surface area contributed by atoms with Gasteiger partial charge in [-0.05, 0) is 76.5 Å². The van der Waals surface area contributed by atoms with E-state index >= 15 is 0 Å². The van der Waals surface area contributed by atoms with Crippen molar-refractivity contribution in [2.75, 3.05) is 12.4 Å². The van der Waals surface area contributed by atoms with Crippen LogP contribution in [0.25, 0.3) is 6.08 Å². The molecule has 0 saturated heterocycles. The van der Waals surface area contributed by atoms with Crippen LogP contribution in [0.15, 0.2) is 76.8 Å². The normalized spacial score (nSPS) is 10.8. The third-order valence-corrected chi connectivity index (χ3v) is 5.08. The number of halogens is 1. The molecule has 3 aromatic carbocycles. The SMILES string of the molecule is COc1ccc(NC(=O)/C(C#N)=C\c2ccc(OCc3cccc(C)c3)c(Br)c2)cc1. The number of nitrogens with one attached hydrogen (secondary N) is 1. The van der Waals surface area contributed by atoms with Gasteiger partial charge >= 0.3 is 0 Å². The Morgan fingerprint density at radius 1 is 1.13 bits per heavy atom. The lowest BCUT2D eigenvalue weighted by atomic mass is 10.1. The maximum atomic E-state index is 12.5. The molecule has 5 nitrogen and oxygen atoms in total. The van der Waals surface area contributed by atoms with Crippen molar-refractivity contribution in [2.24, 2.45) is 0 Å². The quantitative estimate of drug-likeness (QED) is 0.340. The van der Waals surface area contributed by atoms with Crippen molar-refractivity contribution in [1.29, 1.82) is 5.26 Å². The lowest BCUT2D eigenvalue weighted by Gasteiger charge is -2.10. The Bertz CT molecular complexity index is 1150. The molecule has 0 atom stereocenters. The molecule has 0 fully saturated rings. The van der Waals surface area contributed by atoms with E-state index in [-0.39, 0.29) is 5.57 Å². The van der Waals surface area contributed by atoms with Gasteiger partial charge in [0.1, 0.15) is 29.7 Å². The van der Waals surface area contributed by atoms with Crippen LogP contribution in [-0.4, -0.2) is 13.0 Å². The van der Waals surface area contributed by atoms with Crippen LogP contribution in [-0.2, 0) is 11.4 Å². The largest absolute Gasteiger partial charge is 0.497 e. The molecule has 0 saturated carbocycles. The van der Waals surface area contributed by atoms with E-state index in [2.05, 4.69) is 27.3 Å². The minimum atomic E-state index is -0.483. The Balaban J connectivity index is 1.69. The summed E-state index contributed by atoms with van der Waals surface area (Å²) in [6.07, 6.45) is 1.54. The number of carbonyl (C=O) groups is 1. The van der Waals surface area contributed by atoms with E-state index in [9.17, 15) is 10.1 Å². The fourth-order valence-electron chi connectivity index (χ4n) is 2.87. The average molecular weight is 477 g/mol. The van der Waals surface area contributed by atoms with Crippen molar-refractivity contribution in [2.45, 2.75) is 13.5 Å². The molecule has 3 aromatic rings. The van der Waals surface area contributed by atoms with Crippen LogP contribution in [0.3, 0.4) is 0 Å². The zero-order chi connectivity index (χ0) is 22.2. The van der Waals surface area contributed by atoms with Gasteiger partial charge in [-0.1, -0.05) is 35.9 Å². The molecule has 0 aromatic heterocycles. The van der Waals surface area contributed by atoms with Gasteiger partial charge in [-0.2, -0.15) is 5.26 Å². The van der Waals surface area contributed by atoms with Crippen molar-refractivity contribution in [1.82, 2.24) is 0 Å². The summed E-state index contributed by atoms with van der Waals surface area (Å²) in [7, 11) is 1.57. The van der Waals surface area contributed by atoms with Crippen molar-refractivity contribution in [3.8, 4) is 17.6 Å². The Hall–Kier alpha value is -3.56. The summed E-state index contributed by atoms with van der Waals surface area (Å²) < 4.78 is 11.7. The van der Waals surface area contributed by atoms with Gasteiger partial charge in [0, 0.05) is 5.69 Å². The monoisotopic (exact) mass is 476 g/mol. The standard InChI is InChI=1S/C25H21BrN2O3/c1-17-4-3-5-19(12-17)16-31-24-11-6-18(14-23(24)26)13-20(15-27)25(29)28-21-7-9-22(30-2)10-8-21/h3-14H,16H2,1-2H3,(H,28,29)/b20-13-. The highest BCUT2D eigenvalue weighted by molar-refractivity contribution is 9.10. The van der Waals surface area contributed by atoms with E-state index < -0.39 is 5.91 Å². The third kappa shape index (κ3) is 6.21. The number of nitriles is 1. The van der Waals surface area contributed by atoms with Gasteiger partial charge in [-0.3, -0.25) is 4.79 Å². The Morgan fingerprint density at radius 3 is 2.55 bits per heavy atom. The lowest BCUT2D eigenvalue weighted by Crippen LogP contribution is -2.13. The van der Waals surface area contributed by atoms with Gasteiger partial charge in [0.05, 0.1) is 11.6 Å². The maximum absolute atomic E-state index is 12.5. The highest BCUT2D eigenvalue weighted by atomic mass is 79.9. The minimum Gasteiger partial charge on any atom is -0.497 e. The van der Waals surface area contributed by atoms with E-state index in [4.69, 9.17) is 9.47 Å². The Labute approximate surface area is 190 Å². The Morgan fingerprint density at radius 2 is 1.90 bits per heavy atom. The fraction of sp³-hybridized carbons (Fsp3) is 0.120. The van der Waals surface area contributed by atoms with Gasteiger partial charge < -0.3 is 14.8 Å². The summed E-state index contributed by atoms with van der Waals surface area (Å²) in [4.78, 5) is 12.5. The number of ether oxygens (including phenoxy) is 2. The predicted molar refractivity (Wildman–Crippen MR) is 125 cm³/mol. The van der Waals surface area contributed by atoms with Crippen LogP contribution in [0, 0.1) is 18.3 Å². The lowest BCUT2D eigenvalue weighted by molar-refractivity contribution is -0.112. The second-order valence-corrected chi connectivity index (χ2v) is 7.67. The molecule has 0 aliphatic carbocycles. The minimum absolute atomic E-state index is 0.00357. The number of amides is 1. The molecular formula is C25H21BrN2O3. The van der Waals surface area contributed by atoms with Crippen molar-refractivity contribution in [3.63, 3.8) is 0 Å². The molecule has 6 heteroatoms. The van der Waals surface area contributed by atoms with Crippen molar-refractivity contribution < 1.29 is 14.3 Å². The number of hydrogen-bond donors (Lipinski definition) is 1. The van der Waals surface area contributed by atoms with Crippen LogP contribution in [0.5, 0.6) is 11.5 Å². The second-order valence-electron chi connectivity index (χ2n) is 6.82. The van der Waals surface area contributed by atoms with E-state index in [1.807, 2.05) is 43.3 Å². The van der Waals surface area contributed by atoms with Gasteiger partial charge in [0.2, 0.25) is 0 Å². The van der Waals surface area contributed by atoms with Gasteiger partial charge in [-0.25, -0.2) is 0 Å². The molecule has 0 heterocycles. The molecule has 0 aliphatic rings. The maximum Gasteiger partial charge on any atom is 0.266 e. The molecular weight excluding hydrogens is 456 g/mol. The molecule has 0 aliphatic heterocycles. The summed E-state index contributed by atoms with van der Waals surface area (Å²) in [5.74, 6) is 0.881. The summed E-state index contributed by atoms with van der Waals surface area (Å²) >= 11 is 3.50. The highest BCUT2D eigenvalue weighted by Gasteiger charge is 2.11. The highest BCUT2D eigenvalue weighted by Crippen LogP contribution is 2.28. The second kappa shape index (κ2) is 10.5. The van der Waals surface area contributed by atoms with Gasteiger partial charge in [0.15, 0.2) is 0 Å². The first-order valence-corrected chi connectivity index (χ1v) is 10.3. The molecule has 156 valence electrons. The van der Waals surface area contributed by atoms with Crippen LogP contribution in [0.4, 0.5) is 5.69 Å². The van der Waals surface area contributed by atoms with Crippen LogP contribution >= 0.6 is 15.9 Å². The molecule has 0 bridgehead atoms. The summed E-state index contributed by atoms with van der Waals surface area (Å²) in [6, 6.07) is 22.4. The van der Waals surface area contributed by atoms with E-state index in [1.54, 1.807) is 37.4 Å². The fourth-order valence-corrected chi connectivity index (χ4v) is 3.39. The molecule has 0 unspecified atom stereocenters. The van der Waals surface area contributed by atoms with Crippen molar-refractivity contribution >= 4 is 33.6 Å². The number of carbonyl (C=O) groups excluding carboxylic acids is 1. The van der Waals surface area contributed by atoms with Crippen LogP contribution in [0.2, 0.25) is 0 Å². The Kier molecular flexibility index (Phi) is 7.47.